The molecule has 266 valence electrons. The van der Waals surface area contributed by atoms with Crippen LogP contribution in [0.5, 0.6) is 5.75 Å². The lowest BCUT2D eigenvalue weighted by Gasteiger charge is -2.22. The Hall–Kier alpha value is -3.64. The quantitative estimate of drug-likeness (QED) is 0.0621. The van der Waals surface area contributed by atoms with Gasteiger partial charge in [0.1, 0.15) is 17.3 Å². The van der Waals surface area contributed by atoms with Gasteiger partial charge in [0.05, 0.1) is 41.7 Å². The number of sulfonamides is 1. The Morgan fingerprint density at radius 3 is 2.60 bits per heavy atom. The number of aromatic amines is 1. The predicted octanol–water partition coefficient (Wildman–Crippen LogP) is 8.19. The van der Waals surface area contributed by atoms with Gasteiger partial charge in [0, 0.05) is 46.6 Å². The van der Waals surface area contributed by atoms with Crippen molar-refractivity contribution in [2.75, 3.05) is 24.8 Å². The summed E-state index contributed by atoms with van der Waals surface area (Å²) in [5, 5.41) is 7.66. The summed E-state index contributed by atoms with van der Waals surface area (Å²) >= 11 is 12.9. The van der Waals surface area contributed by atoms with Crippen LogP contribution in [0.1, 0.15) is 67.0 Å². The molecule has 2 aromatic heterocycles. The highest BCUT2D eigenvalue weighted by Crippen LogP contribution is 2.42. The van der Waals surface area contributed by atoms with Crippen molar-refractivity contribution in [2.24, 2.45) is 7.05 Å². The molecule has 5 aromatic rings. The Bertz CT molecular complexity index is 2140. The fraction of sp³-hybridized carbons (Fsp3) is 0.405. The number of rotatable bonds is 16. The number of aryl methyl sites for hydroxylation is 2. The summed E-state index contributed by atoms with van der Waals surface area (Å²) in [7, 11) is -1.73. The SMILES string of the molecule is CCOC(=O)c1[nH]c2c(-c3c(CN(C4CC4)S(=O)(=O)CCCCl)nn(C)c3CC)c(Cl)ccc2c1CCCOc1cccc2cc(F)ccc12. The Morgan fingerprint density at radius 2 is 1.88 bits per heavy atom. The molecule has 0 unspecified atom stereocenters. The van der Waals surface area contributed by atoms with Gasteiger partial charge >= 0.3 is 5.97 Å². The van der Waals surface area contributed by atoms with Crippen molar-refractivity contribution >= 4 is 60.9 Å². The Morgan fingerprint density at radius 1 is 1.10 bits per heavy atom. The molecule has 0 atom stereocenters. The Balaban J connectivity index is 1.38. The number of fused-ring (bicyclic) bond motifs is 2. The number of H-pyrrole nitrogens is 1. The van der Waals surface area contributed by atoms with Gasteiger partial charge in [-0.15, -0.1) is 11.6 Å². The number of carbonyl (C=O) groups excluding carboxylic acids is 1. The third-order valence-electron chi connectivity index (χ3n) is 9.12. The second-order valence-electron chi connectivity index (χ2n) is 12.5. The first kappa shape index (κ1) is 36.2. The number of nitrogens with zero attached hydrogens (tertiary/aromatic N) is 3. The van der Waals surface area contributed by atoms with E-state index in [1.165, 1.54) is 12.1 Å². The van der Waals surface area contributed by atoms with E-state index in [1.54, 1.807) is 22.0 Å². The van der Waals surface area contributed by atoms with Crippen LogP contribution in [0.15, 0.2) is 48.5 Å². The number of hydrogen-bond acceptors (Lipinski definition) is 6. The first-order chi connectivity index (χ1) is 24.1. The lowest BCUT2D eigenvalue weighted by molar-refractivity contribution is 0.0519. The van der Waals surface area contributed by atoms with E-state index >= 15 is 0 Å². The molecule has 1 fully saturated rings. The third-order valence-corrected chi connectivity index (χ3v) is 11.6. The van der Waals surface area contributed by atoms with Crippen LogP contribution in [0.2, 0.25) is 5.02 Å². The maximum Gasteiger partial charge on any atom is 0.355 e. The van der Waals surface area contributed by atoms with Crippen LogP contribution >= 0.6 is 23.2 Å². The summed E-state index contributed by atoms with van der Waals surface area (Å²) in [6.45, 7) is 4.43. The smallest absolute Gasteiger partial charge is 0.355 e. The van der Waals surface area contributed by atoms with Crippen molar-refractivity contribution in [3.8, 4) is 16.9 Å². The minimum atomic E-state index is -3.58. The van der Waals surface area contributed by atoms with E-state index in [4.69, 9.17) is 37.8 Å². The molecule has 0 amide bonds. The Kier molecular flexibility index (Phi) is 11.1. The number of alkyl halides is 1. The minimum Gasteiger partial charge on any atom is -0.493 e. The monoisotopic (exact) mass is 742 g/mol. The molecule has 0 aliphatic heterocycles. The fourth-order valence-electron chi connectivity index (χ4n) is 6.70. The normalized spacial score (nSPS) is 13.5. The fourth-order valence-corrected chi connectivity index (χ4v) is 8.97. The van der Waals surface area contributed by atoms with Crippen LogP contribution in [-0.2, 0) is 41.2 Å². The number of carbonyl (C=O) groups is 1. The topological polar surface area (TPSA) is 107 Å². The third kappa shape index (κ3) is 7.37. The molecule has 1 N–H and O–H groups in total. The molecule has 13 heteroatoms. The molecule has 1 aliphatic carbocycles. The molecule has 2 heterocycles. The summed E-state index contributed by atoms with van der Waals surface area (Å²) in [6.07, 6.45) is 3.63. The lowest BCUT2D eigenvalue weighted by Crippen LogP contribution is -2.35. The van der Waals surface area contributed by atoms with Crippen LogP contribution in [0.4, 0.5) is 4.39 Å². The molecule has 9 nitrogen and oxygen atoms in total. The molecule has 0 radical (unpaired) electrons. The maximum absolute atomic E-state index is 13.8. The molecule has 0 saturated heterocycles. The largest absolute Gasteiger partial charge is 0.493 e. The van der Waals surface area contributed by atoms with Gasteiger partial charge in [0.15, 0.2) is 0 Å². The molecular weight excluding hydrogens is 702 g/mol. The zero-order valence-corrected chi connectivity index (χ0v) is 30.7. The molecule has 1 saturated carbocycles. The zero-order valence-electron chi connectivity index (χ0n) is 28.4. The summed E-state index contributed by atoms with van der Waals surface area (Å²) in [5.74, 6) is 0.0977. The van der Waals surface area contributed by atoms with E-state index < -0.39 is 16.0 Å². The zero-order chi connectivity index (χ0) is 35.6. The van der Waals surface area contributed by atoms with Crippen molar-refractivity contribution in [1.29, 1.82) is 0 Å². The molecule has 6 rings (SSSR count). The number of ether oxygens (including phenoxy) is 2. The highest BCUT2D eigenvalue weighted by atomic mass is 35.5. The van der Waals surface area contributed by atoms with Gasteiger partial charge in [-0.3, -0.25) is 4.68 Å². The van der Waals surface area contributed by atoms with Crippen molar-refractivity contribution in [3.63, 3.8) is 0 Å². The standard InChI is InChI=1S/C37H41Cl2FN4O5S/c1-4-31-34(30(42-43(31)3)22-44(25-13-14-25)50(46,47)20-8-18-38)33-29(39)17-16-28-27(36(41-35(28)33)37(45)48-5-2)10-7-19-49-32-11-6-9-23-21-24(40)12-15-26(23)32/h6,9,11-12,15-17,21,25,41H,4-5,7-8,10,13-14,18-20,22H2,1-3H3. The highest BCUT2D eigenvalue weighted by Gasteiger charge is 2.38. The van der Waals surface area contributed by atoms with E-state index in [0.29, 0.717) is 65.5 Å². The van der Waals surface area contributed by atoms with Crippen molar-refractivity contribution < 1.29 is 27.1 Å². The van der Waals surface area contributed by atoms with Crippen molar-refractivity contribution in [2.45, 2.75) is 65.0 Å². The molecule has 50 heavy (non-hydrogen) atoms. The second-order valence-corrected chi connectivity index (χ2v) is 15.3. The average Bonchev–Trinajstić information content (AvgIpc) is 3.79. The van der Waals surface area contributed by atoms with Gasteiger partial charge in [-0.1, -0.05) is 36.7 Å². The summed E-state index contributed by atoms with van der Waals surface area (Å²) in [5.41, 5.74) is 4.65. The van der Waals surface area contributed by atoms with Gasteiger partial charge in [-0.25, -0.2) is 17.6 Å². The molecule has 1 aliphatic rings. The van der Waals surface area contributed by atoms with Crippen LogP contribution < -0.4 is 4.74 Å². The maximum atomic E-state index is 13.8. The van der Waals surface area contributed by atoms with Gasteiger partial charge in [-0.05, 0) is 86.7 Å². The first-order valence-electron chi connectivity index (χ1n) is 17.0. The molecule has 0 spiro atoms. The van der Waals surface area contributed by atoms with Crippen LogP contribution in [0.25, 0.3) is 32.8 Å². The van der Waals surface area contributed by atoms with Gasteiger partial charge < -0.3 is 14.5 Å². The first-order valence-corrected chi connectivity index (χ1v) is 19.5. The van der Waals surface area contributed by atoms with Crippen LogP contribution in [0, 0.1) is 5.82 Å². The Labute approximate surface area is 301 Å². The minimum absolute atomic E-state index is 0.0300. The predicted molar refractivity (Wildman–Crippen MR) is 196 cm³/mol. The van der Waals surface area contributed by atoms with E-state index in [9.17, 15) is 17.6 Å². The average molecular weight is 744 g/mol. The summed E-state index contributed by atoms with van der Waals surface area (Å²) in [6, 6.07) is 13.8. The van der Waals surface area contributed by atoms with Crippen LogP contribution in [-0.4, -0.2) is 64.3 Å². The van der Waals surface area contributed by atoms with Crippen molar-refractivity contribution in [3.05, 3.63) is 82.0 Å². The number of esters is 1. The van der Waals surface area contributed by atoms with E-state index in [0.717, 1.165) is 45.8 Å². The number of aromatic nitrogens is 3. The van der Waals surface area contributed by atoms with E-state index in [-0.39, 0.29) is 36.6 Å². The summed E-state index contributed by atoms with van der Waals surface area (Å²) < 4.78 is 55.7. The molecule has 0 bridgehead atoms. The van der Waals surface area contributed by atoms with Crippen LogP contribution in [0.3, 0.4) is 0 Å². The number of hydrogen-bond donors (Lipinski definition) is 1. The lowest BCUT2D eigenvalue weighted by atomic mass is 9.97. The summed E-state index contributed by atoms with van der Waals surface area (Å²) in [4.78, 5) is 16.7. The van der Waals surface area contributed by atoms with Gasteiger partial charge in [0.25, 0.3) is 0 Å². The highest BCUT2D eigenvalue weighted by molar-refractivity contribution is 7.89. The van der Waals surface area contributed by atoms with Gasteiger partial charge in [0.2, 0.25) is 10.0 Å². The van der Waals surface area contributed by atoms with E-state index in [2.05, 4.69) is 4.98 Å². The molecule has 3 aromatic carbocycles. The molecular formula is C37H41Cl2FN4O5S. The van der Waals surface area contributed by atoms with Crippen molar-refractivity contribution in [1.82, 2.24) is 19.1 Å². The second kappa shape index (κ2) is 15.3. The van der Waals surface area contributed by atoms with E-state index in [1.807, 2.05) is 44.3 Å². The van der Waals surface area contributed by atoms with Gasteiger partial charge in [-0.2, -0.15) is 9.40 Å². The number of nitrogens with one attached hydrogen (secondary N) is 1. The number of halogens is 3. The number of benzene rings is 3.